The molecule has 0 aliphatic heterocycles. The van der Waals surface area contributed by atoms with Crippen molar-refractivity contribution in [2.75, 3.05) is 0 Å². The van der Waals surface area contributed by atoms with Crippen LogP contribution in [0.1, 0.15) is 79.1 Å². The van der Waals surface area contributed by atoms with Gasteiger partial charge in [0.1, 0.15) is 0 Å². The molecule has 0 bridgehead atoms. The van der Waals surface area contributed by atoms with Crippen molar-refractivity contribution in [3.8, 4) is 0 Å². The molecule has 2 fully saturated rings. The van der Waals surface area contributed by atoms with Crippen LogP contribution < -0.4 is 5.84 Å². The Morgan fingerprint density at radius 2 is 1.33 bits per heavy atom. The van der Waals surface area contributed by atoms with Crippen LogP contribution in [0.25, 0.3) is 0 Å². The zero-order chi connectivity index (χ0) is 13.4. The summed E-state index contributed by atoms with van der Waals surface area (Å²) in [6.45, 7) is 9.65. The largest absolute Gasteiger partial charge is 0.268 e. The van der Waals surface area contributed by atoms with Crippen LogP contribution in [0.15, 0.2) is 0 Å². The van der Waals surface area contributed by atoms with Gasteiger partial charge in [-0.25, -0.2) is 5.01 Å². The van der Waals surface area contributed by atoms with E-state index < -0.39 is 0 Å². The Hall–Kier alpha value is -0.0800. The van der Waals surface area contributed by atoms with Gasteiger partial charge in [-0.15, -0.1) is 0 Å². The average molecular weight is 252 g/mol. The molecule has 106 valence electrons. The summed E-state index contributed by atoms with van der Waals surface area (Å²) in [5, 5.41) is 2.25. The van der Waals surface area contributed by atoms with Crippen molar-refractivity contribution in [2.45, 2.75) is 91.1 Å². The van der Waals surface area contributed by atoms with E-state index in [1.54, 1.807) is 0 Å². The smallest absolute Gasteiger partial charge is 0.0254 e. The number of hydrogen-bond donors (Lipinski definition) is 1. The lowest BCUT2D eigenvalue weighted by Gasteiger charge is -2.49. The van der Waals surface area contributed by atoms with Crippen molar-refractivity contribution in [3.05, 3.63) is 0 Å². The van der Waals surface area contributed by atoms with E-state index in [-0.39, 0.29) is 0 Å². The van der Waals surface area contributed by atoms with Gasteiger partial charge >= 0.3 is 0 Å². The minimum absolute atomic E-state index is 0.443. The number of nitrogens with two attached hydrogens (primary N) is 1. The summed E-state index contributed by atoms with van der Waals surface area (Å²) in [5.74, 6) is 6.50. The first-order valence-electron chi connectivity index (χ1n) is 7.82. The molecular weight excluding hydrogens is 220 g/mol. The van der Waals surface area contributed by atoms with E-state index in [1.165, 1.54) is 51.4 Å². The van der Waals surface area contributed by atoms with Gasteiger partial charge in [-0.3, -0.25) is 5.84 Å². The summed E-state index contributed by atoms with van der Waals surface area (Å²) in [4.78, 5) is 0. The van der Waals surface area contributed by atoms with E-state index in [9.17, 15) is 0 Å². The fourth-order valence-corrected chi connectivity index (χ4v) is 4.68. The normalized spacial score (nSPS) is 29.7. The van der Waals surface area contributed by atoms with Gasteiger partial charge in [0.15, 0.2) is 0 Å². The molecule has 18 heavy (non-hydrogen) atoms. The molecule has 0 spiro atoms. The average Bonchev–Trinajstić information content (AvgIpc) is 2.25. The molecule has 0 aromatic rings. The predicted octanol–water partition coefficient (Wildman–Crippen LogP) is 4.10. The lowest BCUT2D eigenvalue weighted by molar-refractivity contribution is -0.00424. The monoisotopic (exact) mass is 252 g/mol. The first-order valence-corrected chi connectivity index (χ1v) is 7.82. The summed E-state index contributed by atoms with van der Waals surface area (Å²) in [6, 6.07) is 1.24. The first kappa shape index (κ1) is 14.3. The fourth-order valence-electron chi connectivity index (χ4n) is 4.68. The molecule has 2 nitrogen and oxygen atoms in total. The number of rotatable bonds is 2. The van der Waals surface area contributed by atoms with E-state index in [0.29, 0.717) is 22.9 Å². The second kappa shape index (κ2) is 5.13. The Morgan fingerprint density at radius 1 is 0.833 bits per heavy atom. The minimum atomic E-state index is 0.443. The van der Waals surface area contributed by atoms with Crippen LogP contribution in [0, 0.1) is 10.8 Å². The number of hydrazine groups is 1. The highest BCUT2D eigenvalue weighted by molar-refractivity contribution is 4.93. The molecule has 0 aromatic heterocycles. The maximum atomic E-state index is 6.50. The minimum Gasteiger partial charge on any atom is -0.268 e. The molecule has 0 saturated heterocycles. The van der Waals surface area contributed by atoms with Crippen molar-refractivity contribution in [1.82, 2.24) is 5.01 Å². The van der Waals surface area contributed by atoms with Gasteiger partial charge < -0.3 is 0 Å². The molecule has 2 saturated carbocycles. The molecule has 0 unspecified atom stereocenters. The number of hydrogen-bond acceptors (Lipinski definition) is 2. The molecule has 2 rings (SSSR count). The Bertz CT molecular complexity index is 261. The van der Waals surface area contributed by atoms with Crippen molar-refractivity contribution in [1.29, 1.82) is 0 Å². The Morgan fingerprint density at radius 3 is 1.83 bits per heavy atom. The molecule has 2 aliphatic carbocycles. The predicted molar refractivity (Wildman–Crippen MR) is 78.1 cm³/mol. The molecule has 0 aromatic carbocycles. The quantitative estimate of drug-likeness (QED) is 0.592. The van der Waals surface area contributed by atoms with Crippen LogP contribution >= 0.6 is 0 Å². The SMILES string of the molecule is CC1(C)CC(N(N)C2CCCCC2)CC(C)(C)C1. The molecular formula is C16H32N2. The van der Waals surface area contributed by atoms with Gasteiger partial charge in [-0.2, -0.15) is 0 Å². The maximum Gasteiger partial charge on any atom is 0.0254 e. The van der Waals surface area contributed by atoms with E-state index in [4.69, 9.17) is 5.84 Å². The topological polar surface area (TPSA) is 29.3 Å². The highest BCUT2D eigenvalue weighted by atomic mass is 15.4. The van der Waals surface area contributed by atoms with Gasteiger partial charge in [-0.1, -0.05) is 47.0 Å². The highest BCUT2D eigenvalue weighted by Crippen LogP contribution is 2.47. The van der Waals surface area contributed by atoms with Gasteiger partial charge in [0.25, 0.3) is 0 Å². The van der Waals surface area contributed by atoms with Crippen LogP contribution in [-0.4, -0.2) is 17.1 Å². The number of nitrogens with zero attached hydrogens (tertiary/aromatic N) is 1. The van der Waals surface area contributed by atoms with Crippen LogP contribution in [0.5, 0.6) is 0 Å². The Kier molecular flexibility index (Phi) is 4.08. The second-order valence-electron chi connectivity index (χ2n) is 8.31. The molecule has 0 atom stereocenters. The third-order valence-corrected chi connectivity index (χ3v) is 4.95. The van der Waals surface area contributed by atoms with Gasteiger partial charge in [0.2, 0.25) is 0 Å². The standard InChI is InChI=1S/C16H32N2/c1-15(2)10-14(11-16(3,4)12-15)18(17)13-8-6-5-7-9-13/h13-14H,5-12,17H2,1-4H3. The molecule has 2 N–H and O–H groups in total. The third kappa shape index (κ3) is 3.48. The summed E-state index contributed by atoms with van der Waals surface area (Å²) < 4.78 is 0. The van der Waals surface area contributed by atoms with E-state index >= 15 is 0 Å². The van der Waals surface area contributed by atoms with Crippen LogP contribution in [-0.2, 0) is 0 Å². The Labute approximate surface area is 113 Å². The van der Waals surface area contributed by atoms with E-state index in [2.05, 4.69) is 32.7 Å². The molecule has 0 heterocycles. The Balaban J connectivity index is 2.02. The molecule has 0 radical (unpaired) electrons. The second-order valence-corrected chi connectivity index (χ2v) is 8.31. The zero-order valence-corrected chi connectivity index (χ0v) is 12.8. The summed E-state index contributed by atoms with van der Waals surface area (Å²) >= 11 is 0. The fraction of sp³-hybridized carbons (Fsp3) is 1.00. The lowest BCUT2D eigenvalue weighted by atomic mass is 9.63. The lowest BCUT2D eigenvalue weighted by Crippen LogP contribution is -2.54. The first-order chi connectivity index (χ1) is 8.29. The van der Waals surface area contributed by atoms with Crippen molar-refractivity contribution >= 4 is 0 Å². The molecule has 2 aliphatic rings. The van der Waals surface area contributed by atoms with Crippen molar-refractivity contribution in [2.24, 2.45) is 16.7 Å². The van der Waals surface area contributed by atoms with E-state index in [1.807, 2.05) is 0 Å². The maximum absolute atomic E-state index is 6.50. The summed E-state index contributed by atoms with van der Waals surface area (Å²) in [7, 11) is 0. The molecule has 0 amide bonds. The molecule has 2 heteroatoms. The summed E-state index contributed by atoms with van der Waals surface area (Å²) in [5.41, 5.74) is 0.886. The van der Waals surface area contributed by atoms with Crippen LogP contribution in [0.2, 0.25) is 0 Å². The third-order valence-electron chi connectivity index (χ3n) is 4.95. The van der Waals surface area contributed by atoms with Crippen molar-refractivity contribution in [3.63, 3.8) is 0 Å². The summed E-state index contributed by atoms with van der Waals surface area (Å²) in [6.07, 6.45) is 10.6. The van der Waals surface area contributed by atoms with Gasteiger partial charge in [0, 0.05) is 12.1 Å². The van der Waals surface area contributed by atoms with Gasteiger partial charge in [0.05, 0.1) is 0 Å². The highest BCUT2D eigenvalue weighted by Gasteiger charge is 2.41. The van der Waals surface area contributed by atoms with Crippen molar-refractivity contribution < 1.29 is 0 Å². The van der Waals surface area contributed by atoms with Gasteiger partial charge in [-0.05, 0) is 42.9 Å². The van der Waals surface area contributed by atoms with E-state index in [0.717, 1.165) is 0 Å². The zero-order valence-electron chi connectivity index (χ0n) is 12.8. The van der Waals surface area contributed by atoms with Crippen LogP contribution in [0.3, 0.4) is 0 Å². The van der Waals surface area contributed by atoms with Crippen LogP contribution in [0.4, 0.5) is 0 Å².